The summed E-state index contributed by atoms with van der Waals surface area (Å²) in [5.74, 6) is -0.00751. The first-order valence-electron chi connectivity index (χ1n) is 5.98. The minimum absolute atomic E-state index is 0.00751. The van der Waals surface area contributed by atoms with Crippen molar-refractivity contribution in [1.82, 2.24) is 0 Å². The number of hydrogen-bond donors (Lipinski definition) is 0. The molecule has 0 aromatic heterocycles. The predicted molar refractivity (Wildman–Crippen MR) is 69.0 cm³/mol. The molecule has 4 heteroatoms. The normalized spacial score (nSPS) is 10.6. The van der Waals surface area contributed by atoms with E-state index in [4.69, 9.17) is 14.2 Å². The van der Waals surface area contributed by atoms with Crippen molar-refractivity contribution in [3.05, 3.63) is 35.4 Å². The van der Waals surface area contributed by atoms with E-state index in [1.165, 1.54) is 0 Å². The van der Waals surface area contributed by atoms with Crippen molar-refractivity contribution < 1.29 is 19.0 Å². The van der Waals surface area contributed by atoms with Crippen LogP contribution in [0.4, 0.5) is 0 Å². The van der Waals surface area contributed by atoms with Crippen LogP contribution in [0.5, 0.6) is 0 Å². The molecule has 0 N–H and O–H groups in total. The van der Waals surface area contributed by atoms with E-state index in [-0.39, 0.29) is 12.4 Å². The fraction of sp³-hybridized carbons (Fsp3) is 0.500. The van der Waals surface area contributed by atoms with E-state index < -0.39 is 0 Å². The summed E-state index contributed by atoms with van der Waals surface area (Å²) in [7, 11) is 1.63. The van der Waals surface area contributed by atoms with Crippen LogP contribution >= 0.6 is 0 Å². The van der Waals surface area contributed by atoms with Gasteiger partial charge in [-0.05, 0) is 6.92 Å². The SMILES string of the molecule is COCCOCCOCC(=O)c1ccc(C)cc1. The van der Waals surface area contributed by atoms with Crippen molar-refractivity contribution in [2.45, 2.75) is 6.92 Å². The lowest BCUT2D eigenvalue weighted by Gasteiger charge is -2.05. The van der Waals surface area contributed by atoms with Gasteiger partial charge in [-0.1, -0.05) is 29.8 Å². The van der Waals surface area contributed by atoms with Gasteiger partial charge in [0.15, 0.2) is 5.78 Å². The number of benzene rings is 1. The lowest BCUT2D eigenvalue weighted by atomic mass is 10.1. The minimum atomic E-state index is -0.00751. The molecule has 100 valence electrons. The Morgan fingerprint density at radius 3 is 2.28 bits per heavy atom. The molecule has 1 aromatic carbocycles. The summed E-state index contributed by atoms with van der Waals surface area (Å²) in [6.07, 6.45) is 0. The number of methoxy groups -OCH3 is 1. The second kappa shape index (κ2) is 8.80. The highest BCUT2D eigenvalue weighted by Crippen LogP contribution is 2.04. The molecule has 1 aromatic rings. The fourth-order valence-corrected chi connectivity index (χ4v) is 1.35. The summed E-state index contributed by atoms with van der Waals surface area (Å²) in [6.45, 7) is 4.10. The molecular weight excluding hydrogens is 232 g/mol. The summed E-state index contributed by atoms with van der Waals surface area (Å²) < 4.78 is 15.3. The van der Waals surface area contributed by atoms with Crippen LogP contribution in [0.3, 0.4) is 0 Å². The van der Waals surface area contributed by atoms with E-state index in [9.17, 15) is 4.79 Å². The molecular formula is C14H20O4. The largest absolute Gasteiger partial charge is 0.382 e. The molecule has 0 aliphatic carbocycles. The average molecular weight is 252 g/mol. The first kappa shape index (κ1) is 14.8. The highest BCUT2D eigenvalue weighted by molar-refractivity contribution is 5.97. The van der Waals surface area contributed by atoms with Crippen LogP contribution in [0.1, 0.15) is 15.9 Å². The third kappa shape index (κ3) is 5.91. The van der Waals surface area contributed by atoms with Gasteiger partial charge in [0.05, 0.1) is 26.4 Å². The van der Waals surface area contributed by atoms with Gasteiger partial charge in [-0.25, -0.2) is 0 Å². The van der Waals surface area contributed by atoms with Crippen molar-refractivity contribution >= 4 is 5.78 Å². The van der Waals surface area contributed by atoms with Crippen LogP contribution in [-0.4, -0.2) is 45.9 Å². The minimum Gasteiger partial charge on any atom is -0.382 e. The smallest absolute Gasteiger partial charge is 0.188 e. The third-order valence-electron chi connectivity index (χ3n) is 2.41. The molecule has 0 amide bonds. The number of Topliss-reactive ketones (excluding diaryl/α,β-unsaturated/α-hetero) is 1. The van der Waals surface area contributed by atoms with Crippen molar-refractivity contribution in [3.63, 3.8) is 0 Å². The van der Waals surface area contributed by atoms with Crippen LogP contribution in [0.15, 0.2) is 24.3 Å². The number of ether oxygens (including phenoxy) is 3. The van der Waals surface area contributed by atoms with Gasteiger partial charge in [-0.15, -0.1) is 0 Å². The van der Waals surface area contributed by atoms with Crippen molar-refractivity contribution in [3.8, 4) is 0 Å². The van der Waals surface area contributed by atoms with Crippen molar-refractivity contribution in [2.24, 2.45) is 0 Å². The molecule has 0 saturated carbocycles. The van der Waals surface area contributed by atoms with Crippen LogP contribution in [-0.2, 0) is 14.2 Å². The maximum Gasteiger partial charge on any atom is 0.188 e. The average Bonchev–Trinajstić information content (AvgIpc) is 2.38. The first-order chi connectivity index (χ1) is 8.74. The van der Waals surface area contributed by atoms with Gasteiger partial charge in [0.1, 0.15) is 6.61 Å². The molecule has 18 heavy (non-hydrogen) atoms. The van der Waals surface area contributed by atoms with E-state index in [1.54, 1.807) is 7.11 Å². The van der Waals surface area contributed by atoms with Gasteiger partial charge in [-0.3, -0.25) is 4.79 Å². The van der Waals surface area contributed by atoms with E-state index in [1.807, 2.05) is 31.2 Å². The van der Waals surface area contributed by atoms with Gasteiger partial charge in [0.25, 0.3) is 0 Å². The zero-order chi connectivity index (χ0) is 13.2. The molecule has 0 fully saturated rings. The summed E-state index contributed by atoms with van der Waals surface area (Å²) in [6, 6.07) is 7.47. The van der Waals surface area contributed by atoms with Crippen molar-refractivity contribution in [2.75, 3.05) is 40.1 Å². The molecule has 0 aliphatic heterocycles. The Morgan fingerprint density at radius 1 is 1.00 bits per heavy atom. The molecule has 0 spiro atoms. The molecule has 1 rings (SSSR count). The molecule has 0 unspecified atom stereocenters. The summed E-state index contributed by atoms with van der Waals surface area (Å²) in [5, 5.41) is 0. The molecule has 0 bridgehead atoms. The van der Waals surface area contributed by atoms with Gasteiger partial charge >= 0.3 is 0 Å². The molecule has 0 radical (unpaired) electrons. The number of carbonyl (C=O) groups is 1. The zero-order valence-corrected chi connectivity index (χ0v) is 11.0. The summed E-state index contributed by atoms with van der Waals surface area (Å²) >= 11 is 0. The molecule has 0 atom stereocenters. The molecule has 0 aliphatic rings. The Balaban J connectivity index is 2.12. The van der Waals surface area contributed by atoms with E-state index in [2.05, 4.69) is 0 Å². The van der Waals surface area contributed by atoms with Gasteiger partial charge in [-0.2, -0.15) is 0 Å². The number of rotatable bonds is 9. The summed E-state index contributed by atoms with van der Waals surface area (Å²) in [4.78, 5) is 11.7. The van der Waals surface area contributed by atoms with E-state index in [0.29, 0.717) is 32.0 Å². The van der Waals surface area contributed by atoms with E-state index >= 15 is 0 Å². The lowest BCUT2D eigenvalue weighted by molar-refractivity contribution is 0.0253. The highest BCUT2D eigenvalue weighted by atomic mass is 16.5. The number of hydrogen-bond acceptors (Lipinski definition) is 4. The Kier molecular flexibility index (Phi) is 7.25. The van der Waals surface area contributed by atoms with Crippen LogP contribution in [0.2, 0.25) is 0 Å². The summed E-state index contributed by atoms with van der Waals surface area (Å²) in [5.41, 5.74) is 1.82. The second-order valence-corrected chi connectivity index (χ2v) is 3.95. The zero-order valence-electron chi connectivity index (χ0n) is 11.0. The van der Waals surface area contributed by atoms with Crippen LogP contribution in [0, 0.1) is 6.92 Å². The van der Waals surface area contributed by atoms with Crippen LogP contribution in [0.25, 0.3) is 0 Å². The van der Waals surface area contributed by atoms with Gasteiger partial charge in [0, 0.05) is 12.7 Å². The number of ketones is 1. The Morgan fingerprint density at radius 2 is 1.61 bits per heavy atom. The van der Waals surface area contributed by atoms with Crippen molar-refractivity contribution in [1.29, 1.82) is 0 Å². The fourth-order valence-electron chi connectivity index (χ4n) is 1.35. The molecule has 4 nitrogen and oxygen atoms in total. The topological polar surface area (TPSA) is 44.8 Å². The number of aryl methyl sites for hydroxylation is 1. The maximum absolute atomic E-state index is 11.7. The van der Waals surface area contributed by atoms with E-state index in [0.717, 1.165) is 5.56 Å². The Labute approximate surface area is 108 Å². The maximum atomic E-state index is 11.7. The molecule has 0 saturated heterocycles. The number of carbonyl (C=O) groups excluding carboxylic acids is 1. The predicted octanol–water partition coefficient (Wildman–Crippen LogP) is 1.86. The standard InChI is InChI=1S/C14H20O4/c1-12-3-5-13(6-4-12)14(15)11-18-10-9-17-8-7-16-2/h3-6H,7-11H2,1-2H3. The Bertz CT molecular complexity index is 345. The highest BCUT2D eigenvalue weighted by Gasteiger charge is 2.04. The quantitative estimate of drug-likeness (QED) is 0.497. The third-order valence-corrected chi connectivity index (χ3v) is 2.41. The van der Waals surface area contributed by atoms with Gasteiger partial charge < -0.3 is 14.2 Å². The Hall–Kier alpha value is -1.23. The molecule has 0 heterocycles. The van der Waals surface area contributed by atoms with Crippen LogP contribution < -0.4 is 0 Å². The lowest BCUT2D eigenvalue weighted by Crippen LogP contribution is -2.13. The second-order valence-electron chi connectivity index (χ2n) is 3.95. The monoisotopic (exact) mass is 252 g/mol. The first-order valence-corrected chi connectivity index (χ1v) is 5.98. The van der Waals surface area contributed by atoms with Gasteiger partial charge in [0.2, 0.25) is 0 Å².